The molecular formula is C17H24N6O2. The van der Waals surface area contributed by atoms with Gasteiger partial charge >= 0.3 is 0 Å². The number of aromatic amines is 1. The van der Waals surface area contributed by atoms with E-state index in [1.54, 1.807) is 7.11 Å². The van der Waals surface area contributed by atoms with Gasteiger partial charge < -0.3 is 9.64 Å². The third-order valence-corrected chi connectivity index (χ3v) is 4.58. The summed E-state index contributed by atoms with van der Waals surface area (Å²) in [5, 5.41) is 7.17. The van der Waals surface area contributed by atoms with Crippen LogP contribution in [0, 0.1) is 20.8 Å². The first-order valence-electron chi connectivity index (χ1n) is 8.54. The molecule has 0 spiro atoms. The molecule has 2 aromatic heterocycles. The van der Waals surface area contributed by atoms with Crippen molar-refractivity contribution in [1.82, 2.24) is 30.0 Å². The van der Waals surface area contributed by atoms with E-state index in [2.05, 4.69) is 25.1 Å². The van der Waals surface area contributed by atoms with Gasteiger partial charge in [0.15, 0.2) is 11.6 Å². The highest BCUT2D eigenvalue weighted by Gasteiger charge is 2.33. The van der Waals surface area contributed by atoms with Crippen LogP contribution < -0.4 is 0 Å². The fourth-order valence-corrected chi connectivity index (χ4v) is 3.16. The predicted molar refractivity (Wildman–Crippen MR) is 91.0 cm³/mol. The highest BCUT2D eigenvalue weighted by Crippen LogP contribution is 2.30. The second-order valence-corrected chi connectivity index (χ2v) is 6.41. The second kappa shape index (κ2) is 7.26. The molecule has 0 bridgehead atoms. The Morgan fingerprint density at radius 2 is 1.92 bits per heavy atom. The van der Waals surface area contributed by atoms with Crippen molar-refractivity contribution in [3.63, 3.8) is 0 Å². The number of methoxy groups -OCH3 is 1. The predicted octanol–water partition coefficient (Wildman–Crippen LogP) is 2.03. The van der Waals surface area contributed by atoms with Gasteiger partial charge in [-0.1, -0.05) is 0 Å². The molecule has 1 saturated heterocycles. The molecule has 8 heteroatoms. The molecule has 0 aliphatic carbocycles. The number of carbonyl (C=O) groups excluding carboxylic acids is 1. The van der Waals surface area contributed by atoms with Gasteiger partial charge in [-0.25, -0.2) is 9.97 Å². The van der Waals surface area contributed by atoms with Crippen molar-refractivity contribution in [3.8, 4) is 0 Å². The number of aromatic nitrogens is 5. The monoisotopic (exact) mass is 344 g/mol. The standard InChI is InChI=1S/C17H24N6O2/c1-10-11(2)19-15(12(3)18-10)17(24)23-8-6-5-7-13(23)16-20-14(9-25-4)21-22-16/h13H,5-9H2,1-4H3,(H,20,21,22)/t13-/m0/s1. The number of carbonyl (C=O) groups is 1. The summed E-state index contributed by atoms with van der Waals surface area (Å²) in [5.41, 5.74) is 2.71. The number of nitrogens with zero attached hydrogens (tertiary/aromatic N) is 5. The number of rotatable bonds is 4. The zero-order valence-electron chi connectivity index (χ0n) is 15.2. The summed E-state index contributed by atoms with van der Waals surface area (Å²) in [7, 11) is 1.61. The molecule has 0 radical (unpaired) electrons. The highest BCUT2D eigenvalue weighted by atomic mass is 16.5. The molecule has 1 N–H and O–H groups in total. The molecule has 0 aromatic carbocycles. The van der Waals surface area contributed by atoms with Gasteiger partial charge in [-0.05, 0) is 40.0 Å². The molecule has 8 nitrogen and oxygen atoms in total. The zero-order valence-corrected chi connectivity index (χ0v) is 15.2. The quantitative estimate of drug-likeness (QED) is 0.911. The van der Waals surface area contributed by atoms with Crippen LogP contribution in [0.5, 0.6) is 0 Å². The first kappa shape index (κ1) is 17.5. The number of nitrogens with one attached hydrogen (secondary N) is 1. The maximum Gasteiger partial charge on any atom is 0.274 e. The molecule has 1 amide bonds. The lowest BCUT2D eigenvalue weighted by Gasteiger charge is -2.34. The summed E-state index contributed by atoms with van der Waals surface area (Å²) in [4.78, 5) is 28.4. The number of hydrogen-bond acceptors (Lipinski definition) is 6. The maximum absolute atomic E-state index is 13.1. The van der Waals surface area contributed by atoms with E-state index in [-0.39, 0.29) is 11.9 Å². The van der Waals surface area contributed by atoms with Crippen LogP contribution in [0.3, 0.4) is 0 Å². The van der Waals surface area contributed by atoms with Gasteiger partial charge in [0.05, 0.1) is 23.1 Å². The van der Waals surface area contributed by atoms with Crippen LogP contribution >= 0.6 is 0 Å². The highest BCUT2D eigenvalue weighted by molar-refractivity contribution is 5.93. The van der Waals surface area contributed by atoms with E-state index in [0.717, 1.165) is 30.7 Å². The summed E-state index contributed by atoms with van der Waals surface area (Å²) >= 11 is 0. The molecule has 3 rings (SSSR count). The lowest BCUT2D eigenvalue weighted by Crippen LogP contribution is -2.40. The molecule has 2 aromatic rings. The minimum Gasteiger partial charge on any atom is -0.377 e. The Morgan fingerprint density at radius 1 is 1.16 bits per heavy atom. The molecule has 1 aliphatic heterocycles. The fraction of sp³-hybridized carbons (Fsp3) is 0.588. The van der Waals surface area contributed by atoms with E-state index in [1.807, 2.05) is 25.7 Å². The summed E-state index contributed by atoms with van der Waals surface area (Å²) < 4.78 is 5.08. The molecule has 134 valence electrons. The number of aryl methyl sites for hydroxylation is 3. The van der Waals surface area contributed by atoms with E-state index in [1.165, 1.54) is 0 Å². The van der Waals surface area contributed by atoms with Crippen molar-refractivity contribution in [2.75, 3.05) is 13.7 Å². The number of piperidine rings is 1. The number of H-pyrrole nitrogens is 1. The second-order valence-electron chi connectivity index (χ2n) is 6.41. The van der Waals surface area contributed by atoms with Crippen molar-refractivity contribution < 1.29 is 9.53 Å². The minimum absolute atomic E-state index is 0.101. The Balaban J connectivity index is 1.90. The zero-order chi connectivity index (χ0) is 18.0. The smallest absolute Gasteiger partial charge is 0.274 e. The molecule has 25 heavy (non-hydrogen) atoms. The van der Waals surface area contributed by atoms with Gasteiger partial charge in [-0.15, -0.1) is 0 Å². The number of ether oxygens (including phenoxy) is 1. The summed E-state index contributed by atoms with van der Waals surface area (Å²) in [6, 6.07) is -0.147. The molecule has 3 heterocycles. The lowest BCUT2D eigenvalue weighted by molar-refractivity contribution is 0.0592. The summed E-state index contributed by atoms with van der Waals surface area (Å²) in [6.45, 7) is 6.65. The molecule has 1 aliphatic rings. The van der Waals surface area contributed by atoms with E-state index in [9.17, 15) is 4.79 Å². The normalized spacial score (nSPS) is 17.8. The Hall–Kier alpha value is -2.35. The minimum atomic E-state index is -0.147. The van der Waals surface area contributed by atoms with Crippen molar-refractivity contribution in [2.24, 2.45) is 0 Å². The topological polar surface area (TPSA) is 96.9 Å². The Bertz CT molecular complexity index is 772. The van der Waals surface area contributed by atoms with Crippen LogP contribution in [0.2, 0.25) is 0 Å². The van der Waals surface area contributed by atoms with Crippen LogP contribution in [0.25, 0.3) is 0 Å². The van der Waals surface area contributed by atoms with Gasteiger partial charge in [0.1, 0.15) is 12.3 Å². The third-order valence-electron chi connectivity index (χ3n) is 4.58. The molecule has 1 fully saturated rings. The van der Waals surface area contributed by atoms with Crippen molar-refractivity contribution in [1.29, 1.82) is 0 Å². The van der Waals surface area contributed by atoms with E-state index in [4.69, 9.17) is 4.74 Å². The van der Waals surface area contributed by atoms with Crippen LogP contribution in [-0.4, -0.2) is 49.6 Å². The van der Waals surface area contributed by atoms with Gasteiger partial charge in [-0.2, -0.15) is 5.10 Å². The average molecular weight is 344 g/mol. The van der Waals surface area contributed by atoms with Gasteiger partial charge in [0.25, 0.3) is 5.91 Å². The number of hydrogen-bond donors (Lipinski definition) is 1. The molecule has 0 unspecified atom stereocenters. The lowest BCUT2D eigenvalue weighted by atomic mass is 10.0. The van der Waals surface area contributed by atoms with E-state index in [0.29, 0.717) is 36.2 Å². The van der Waals surface area contributed by atoms with Crippen LogP contribution in [0.1, 0.15) is 64.5 Å². The average Bonchev–Trinajstić information content (AvgIpc) is 3.06. The summed E-state index contributed by atoms with van der Waals surface area (Å²) in [6.07, 6.45) is 2.85. The van der Waals surface area contributed by atoms with Crippen LogP contribution in [-0.2, 0) is 11.3 Å². The van der Waals surface area contributed by atoms with Crippen molar-refractivity contribution in [3.05, 3.63) is 34.4 Å². The largest absolute Gasteiger partial charge is 0.377 e. The first-order chi connectivity index (χ1) is 12.0. The van der Waals surface area contributed by atoms with Gasteiger partial charge in [0, 0.05) is 13.7 Å². The number of likely N-dealkylation sites (tertiary alicyclic amines) is 1. The van der Waals surface area contributed by atoms with E-state index < -0.39 is 0 Å². The fourth-order valence-electron chi connectivity index (χ4n) is 3.16. The molecule has 0 saturated carbocycles. The van der Waals surface area contributed by atoms with Crippen molar-refractivity contribution in [2.45, 2.75) is 52.7 Å². The molecule has 1 atom stereocenters. The van der Waals surface area contributed by atoms with Crippen molar-refractivity contribution >= 4 is 5.91 Å². The summed E-state index contributed by atoms with van der Waals surface area (Å²) in [5.74, 6) is 1.20. The number of amides is 1. The SMILES string of the molecule is COCc1nc([C@@H]2CCCCN2C(=O)c2nc(C)c(C)nc2C)n[nH]1. The Kier molecular flexibility index (Phi) is 5.08. The van der Waals surface area contributed by atoms with Gasteiger partial charge in [0.2, 0.25) is 0 Å². The van der Waals surface area contributed by atoms with E-state index >= 15 is 0 Å². The third kappa shape index (κ3) is 3.53. The Labute approximate surface area is 147 Å². The molecular weight excluding hydrogens is 320 g/mol. The van der Waals surface area contributed by atoms with Crippen LogP contribution in [0.15, 0.2) is 0 Å². The van der Waals surface area contributed by atoms with Gasteiger partial charge in [-0.3, -0.25) is 14.9 Å². The maximum atomic E-state index is 13.1. The first-order valence-corrected chi connectivity index (χ1v) is 8.54. The van der Waals surface area contributed by atoms with Crippen LogP contribution in [0.4, 0.5) is 0 Å². The Morgan fingerprint density at radius 3 is 2.68 bits per heavy atom.